The molecule has 2 aromatic rings. The number of hydrogen-bond donors (Lipinski definition) is 3. The number of benzene rings is 2. The zero-order valence-electron chi connectivity index (χ0n) is 22.6. The van der Waals surface area contributed by atoms with Gasteiger partial charge >= 0.3 is 0 Å². The number of hydrogen-bond acceptors (Lipinski definition) is 6. The van der Waals surface area contributed by atoms with Gasteiger partial charge in [-0.3, -0.25) is 9.59 Å². The van der Waals surface area contributed by atoms with E-state index in [1.165, 1.54) is 12.1 Å². The van der Waals surface area contributed by atoms with Crippen molar-refractivity contribution in [1.82, 2.24) is 5.32 Å². The van der Waals surface area contributed by atoms with Gasteiger partial charge in [-0.25, -0.2) is 21.6 Å². The number of sulfone groups is 1. The van der Waals surface area contributed by atoms with Crippen LogP contribution in [0.2, 0.25) is 5.02 Å². The molecule has 0 aromatic heterocycles. The molecule has 0 spiro atoms. The maximum atomic E-state index is 13.8. The topological polar surface area (TPSA) is 122 Å². The monoisotopic (exact) mass is 616 g/mol. The van der Waals surface area contributed by atoms with Crippen LogP contribution < -0.4 is 10.6 Å². The molecule has 1 aliphatic carbocycles. The molecule has 2 amide bonds. The van der Waals surface area contributed by atoms with Gasteiger partial charge in [0, 0.05) is 30.0 Å². The second-order valence-electron chi connectivity index (χ2n) is 10.8. The Morgan fingerprint density at radius 2 is 1.83 bits per heavy atom. The van der Waals surface area contributed by atoms with Gasteiger partial charge in [0.25, 0.3) is 5.91 Å². The molecule has 1 unspecified atom stereocenters. The average molecular weight is 617 g/mol. The van der Waals surface area contributed by atoms with Crippen LogP contribution in [-0.2, 0) is 19.4 Å². The first-order valence-electron chi connectivity index (χ1n) is 13.3. The van der Waals surface area contributed by atoms with Gasteiger partial charge < -0.3 is 20.5 Å². The molecule has 224 valence electrons. The summed E-state index contributed by atoms with van der Waals surface area (Å²) in [4.78, 5) is 25.2. The number of anilines is 1. The minimum Gasteiger partial charge on any atom is -0.389 e. The highest BCUT2D eigenvalue weighted by atomic mass is 35.5. The Balaban J connectivity index is 1.53. The van der Waals surface area contributed by atoms with Crippen LogP contribution in [0.3, 0.4) is 0 Å². The van der Waals surface area contributed by atoms with Crippen LogP contribution in [0.5, 0.6) is 0 Å². The van der Waals surface area contributed by atoms with Crippen molar-refractivity contribution in [2.24, 2.45) is 11.8 Å². The fraction of sp³-hybridized carbons (Fsp3) is 0.500. The number of carbonyl (C=O) groups excluding carboxylic acids is 2. The van der Waals surface area contributed by atoms with Crippen LogP contribution in [0.1, 0.15) is 56.3 Å². The van der Waals surface area contributed by atoms with E-state index in [4.69, 9.17) is 16.3 Å². The summed E-state index contributed by atoms with van der Waals surface area (Å²) in [5.41, 5.74) is -1.94. The molecule has 41 heavy (non-hydrogen) atoms. The Hall–Kier alpha value is -2.67. The van der Waals surface area contributed by atoms with Crippen LogP contribution in [-0.4, -0.2) is 55.4 Å². The molecule has 1 saturated heterocycles. The third-order valence-electron chi connectivity index (χ3n) is 8.14. The fourth-order valence-electron chi connectivity index (χ4n) is 5.77. The molecule has 2 aromatic carbocycles. The molecule has 1 heterocycles. The molecule has 4 rings (SSSR count). The largest absolute Gasteiger partial charge is 0.389 e. The molecule has 13 heteroatoms. The third-order valence-corrected chi connectivity index (χ3v) is 10.8. The van der Waals surface area contributed by atoms with E-state index < -0.39 is 55.9 Å². The van der Waals surface area contributed by atoms with E-state index in [-0.39, 0.29) is 52.4 Å². The zero-order chi connectivity index (χ0) is 30.1. The first kappa shape index (κ1) is 31.3. The number of nitrogens with one attached hydrogen (secondary N) is 2. The van der Waals surface area contributed by atoms with E-state index in [1.807, 2.05) is 6.92 Å². The van der Waals surface area contributed by atoms with Crippen molar-refractivity contribution in [3.05, 3.63) is 58.4 Å². The smallest absolute Gasteiger partial charge is 0.255 e. The van der Waals surface area contributed by atoms with Crippen molar-refractivity contribution in [3.63, 3.8) is 0 Å². The van der Waals surface area contributed by atoms with Crippen LogP contribution in [0.15, 0.2) is 35.2 Å². The normalized spacial score (nSPS) is 26.5. The summed E-state index contributed by atoms with van der Waals surface area (Å²) in [5, 5.41) is 15.6. The molecule has 1 saturated carbocycles. The zero-order valence-corrected chi connectivity index (χ0v) is 24.1. The van der Waals surface area contributed by atoms with Gasteiger partial charge in [-0.1, -0.05) is 31.9 Å². The van der Waals surface area contributed by atoms with E-state index >= 15 is 0 Å². The van der Waals surface area contributed by atoms with E-state index in [2.05, 4.69) is 10.6 Å². The van der Waals surface area contributed by atoms with Crippen LogP contribution in [0.4, 0.5) is 18.9 Å². The molecular weight excluding hydrogens is 585 g/mol. The highest BCUT2D eigenvalue weighted by Crippen LogP contribution is 2.46. The van der Waals surface area contributed by atoms with Crippen LogP contribution in [0.25, 0.3) is 0 Å². The second-order valence-corrected chi connectivity index (χ2v) is 13.4. The van der Waals surface area contributed by atoms with Crippen LogP contribution in [0, 0.1) is 29.3 Å². The first-order valence-corrected chi connectivity index (χ1v) is 15.3. The molecule has 1 aliphatic heterocycles. The minimum absolute atomic E-state index is 0.0516. The van der Waals surface area contributed by atoms with Gasteiger partial charge in [-0.2, -0.15) is 0 Å². The average Bonchev–Trinajstić information content (AvgIpc) is 3.41. The third kappa shape index (κ3) is 6.55. The minimum atomic E-state index is -4.12. The van der Waals surface area contributed by atoms with Gasteiger partial charge in [0.05, 0.1) is 39.8 Å². The quantitative estimate of drug-likeness (QED) is 0.372. The Bertz CT molecular complexity index is 1410. The lowest BCUT2D eigenvalue weighted by Gasteiger charge is -2.47. The van der Waals surface area contributed by atoms with Crippen molar-refractivity contribution in [1.29, 1.82) is 0 Å². The first-order chi connectivity index (χ1) is 19.3. The maximum absolute atomic E-state index is 13.8. The molecule has 3 N–H and O–H groups in total. The molecular formula is C28H32ClF3N2O6S. The Morgan fingerprint density at radius 1 is 1.15 bits per heavy atom. The predicted octanol–water partition coefficient (Wildman–Crippen LogP) is 4.63. The number of halogens is 4. The number of aliphatic hydroxyl groups is 1. The van der Waals surface area contributed by atoms with Gasteiger partial charge in [0.15, 0.2) is 27.3 Å². The Labute approximate surface area is 241 Å². The van der Waals surface area contributed by atoms with Crippen LogP contribution >= 0.6 is 11.6 Å². The maximum Gasteiger partial charge on any atom is 0.255 e. The summed E-state index contributed by atoms with van der Waals surface area (Å²) in [6.45, 7) is 4.49. The van der Waals surface area contributed by atoms with Gasteiger partial charge in [-0.15, -0.1) is 0 Å². The van der Waals surface area contributed by atoms with E-state index in [9.17, 15) is 36.3 Å². The number of amides is 2. The molecule has 0 bridgehead atoms. The lowest BCUT2D eigenvalue weighted by molar-refractivity contribution is -0.138. The molecule has 2 fully saturated rings. The molecule has 5 atom stereocenters. The highest BCUT2D eigenvalue weighted by Gasteiger charge is 2.50. The van der Waals surface area contributed by atoms with Crippen molar-refractivity contribution in [3.8, 4) is 0 Å². The standard InChI is InChI=1S/C28H32ClF3N2O6S/c1-3-17-10-20(8-15(2)28(17,37)13-25(35)33-18-6-7-40-14-18)41(38,39)24-9-16(4-5-21(24)29)27(36)34-19-11-22(30)26(32)23(31)12-19/h4-5,9,11-12,15,17-18,20,37H,3,6-8,10,13-14H2,1-2H3,(H,33,35)(H,34,36)/t15-,17?,18+,20-,28-/m0/s1. The van der Waals surface area contributed by atoms with E-state index in [0.717, 1.165) is 6.07 Å². The Morgan fingerprint density at radius 3 is 2.44 bits per heavy atom. The van der Waals surface area contributed by atoms with Gasteiger partial charge in [-0.05, 0) is 49.3 Å². The van der Waals surface area contributed by atoms with E-state index in [1.54, 1.807) is 6.92 Å². The fourth-order valence-corrected chi connectivity index (χ4v) is 8.23. The van der Waals surface area contributed by atoms with Crippen molar-refractivity contribution < 1.29 is 41.0 Å². The van der Waals surface area contributed by atoms with Gasteiger partial charge in [0.2, 0.25) is 5.91 Å². The highest BCUT2D eigenvalue weighted by molar-refractivity contribution is 7.92. The van der Waals surface area contributed by atoms with Crippen molar-refractivity contribution >= 4 is 38.9 Å². The predicted molar refractivity (Wildman–Crippen MR) is 146 cm³/mol. The Kier molecular flexibility index (Phi) is 9.37. The second kappa shape index (κ2) is 12.3. The SMILES string of the molecule is CCC1C[C@@H](S(=O)(=O)c2cc(C(=O)Nc3cc(F)c(F)c(F)c3)ccc2Cl)C[C@H](C)[C@@]1(O)CC(=O)N[C@@H]1CCOC1. The summed E-state index contributed by atoms with van der Waals surface area (Å²) < 4.78 is 73.3. The number of rotatable bonds is 8. The summed E-state index contributed by atoms with van der Waals surface area (Å²) in [5.74, 6) is -6.96. The summed E-state index contributed by atoms with van der Waals surface area (Å²) in [6.07, 6.45) is 1.06. The summed E-state index contributed by atoms with van der Waals surface area (Å²) in [7, 11) is -4.12. The number of carbonyl (C=O) groups is 2. The summed E-state index contributed by atoms with van der Waals surface area (Å²) >= 11 is 6.27. The number of ether oxygens (including phenoxy) is 1. The summed E-state index contributed by atoms with van der Waals surface area (Å²) in [6, 6.07) is 4.63. The molecule has 8 nitrogen and oxygen atoms in total. The molecule has 2 aliphatic rings. The van der Waals surface area contributed by atoms with Gasteiger partial charge in [0.1, 0.15) is 0 Å². The van der Waals surface area contributed by atoms with Crippen molar-refractivity contribution in [2.75, 3.05) is 18.5 Å². The lowest BCUT2D eigenvalue weighted by Crippen LogP contribution is -2.54. The van der Waals surface area contributed by atoms with Crippen molar-refractivity contribution in [2.45, 2.75) is 67.7 Å². The van der Waals surface area contributed by atoms with E-state index in [0.29, 0.717) is 38.2 Å². The molecule has 0 radical (unpaired) electrons. The lowest BCUT2D eigenvalue weighted by atomic mass is 9.66.